The average molecular weight is 436 g/mol. The van der Waals surface area contributed by atoms with Crippen LogP contribution in [0.3, 0.4) is 0 Å². The SMILES string of the molecule is COc1ccc(SN(CCCNC(=O)O[C@H]2C[C@H]3CCO[C@H]3C2)C2CN(C)C2)cc1. The summed E-state index contributed by atoms with van der Waals surface area (Å²) in [6, 6.07) is 8.71. The minimum atomic E-state index is -0.294. The second-order valence-electron chi connectivity index (χ2n) is 8.52. The zero-order valence-corrected chi connectivity index (χ0v) is 18.7. The van der Waals surface area contributed by atoms with Gasteiger partial charge in [-0.1, -0.05) is 0 Å². The molecule has 3 aliphatic rings. The van der Waals surface area contributed by atoms with E-state index in [0.717, 1.165) is 57.7 Å². The molecular weight excluding hydrogens is 402 g/mol. The van der Waals surface area contributed by atoms with Gasteiger partial charge >= 0.3 is 6.09 Å². The van der Waals surface area contributed by atoms with Crippen LogP contribution in [0.4, 0.5) is 4.79 Å². The number of nitrogens with zero attached hydrogens (tertiary/aromatic N) is 2. The number of ether oxygens (including phenoxy) is 3. The zero-order valence-electron chi connectivity index (χ0n) is 17.9. The normalized spacial score (nSPS) is 26.4. The molecule has 1 amide bonds. The molecule has 30 heavy (non-hydrogen) atoms. The third-order valence-electron chi connectivity index (χ3n) is 6.24. The fourth-order valence-corrected chi connectivity index (χ4v) is 5.58. The molecule has 1 aromatic carbocycles. The van der Waals surface area contributed by atoms with Gasteiger partial charge in [0.05, 0.1) is 13.2 Å². The Kier molecular flexibility index (Phi) is 7.41. The first-order valence-corrected chi connectivity index (χ1v) is 11.7. The van der Waals surface area contributed by atoms with E-state index in [2.05, 4.69) is 33.7 Å². The topological polar surface area (TPSA) is 63.3 Å². The number of carbonyl (C=O) groups excluding carboxylic acids is 1. The van der Waals surface area contributed by atoms with Gasteiger partial charge in [0.1, 0.15) is 11.9 Å². The highest BCUT2D eigenvalue weighted by Gasteiger charge is 2.40. The molecule has 1 aliphatic carbocycles. The van der Waals surface area contributed by atoms with Crippen molar-refractivity contribution in [2.24, 2.45) is 5.92 Å². The predicted molar refractivity (Wildman–Crippen MR) is 117 cm³/mol. The summed E-state index contributed by atoms with van der Waals surface area (Å²) in [7, 11) is 3.83. The van der Waals surface area contributed by atoms with Crippen LogP contribution in [0.5, 0.6) is 5.75 Å². The Morgan fingerprint density at radius 3 is 2.80 bits per heavy atom. The van der Waals surface area contributed by atoms with Crippen molar-refractivity contribution in [1.29, 1.82) is 0 Å². The molecule has 0 unspecified atom stereocenters. The highest BCUT2D eigenvalue weighted by Crippen LogP contribution is 2.37. The molecule has 2 heterocycles. The van der Waals surface area contributed by atoms with Crippen molar-refractivity contribution in [2.75, 3.05) is 46.9 Å². The molecule has 1 aromatic rings. The van der Waals surface area contributed by atoms with Crippen LogP contribution < -0.4 is 10.1 Å². The van der Waals surface area contributed by atoms with Crippen molar-refractivity contribution in [3.63, 3.8) is 0 Å². The maximum atomic E-state index is 12.1. The van der Waals surface area contributed by atoms with Crippen LogP contribution in [0.25, 0.3) is 0 Å². The second-order valence-corrected chi connectivity index (χ2v) is 9.64. The van der Waals surface area contributed by atoms with E-state index in [9.17, 15) is 4.79 Å². The van der Waals surface area contributed by atoms with Gasteiger partial charge in [0.2, 0.25) is 0 Å². The van der Waals surface area contributed by atoms with Crippen molar-refractivity contribution >= 4 is 18.0 Å². The molecule has 1 N–H and O–H groups in total. The standard InChI is InChI=1S/C22H33N3O4S/c1-24-14-17(15-24)25(30-20-6-4-18(27-2)5-7-20)10-3-9-23-22(26)29-19-12-16-8-11-28-21(16)13-19/h4-7,16-17,19,21H,3,8-15H2,1-2H3,(H,23,26)/t16-,19+,21+/m1/s1. The monoisotopic (exact) mass is 435 g/mol. The second kappa shape index (κ2) is 10.2. The number of fused-ring (bicyclic) bond motifs is 1. The average Bonchev–Trinajstić information content (AvgIpc) is 3.30. The summed E-state index contributed by atoms with van der Waals surface area (Å²) in [6.45, 7) is 4.54. The number of hydrogen-bond donors (Lipinski definition) is 1. The van der Waals surface area contributed by atoms with E-state index in [4.69, 9.17) is 14.2 Å². The summed E-state index contributed by atoms with van der Waals surface area (Å²) in [5, 5.41) is 2.93. The molecule has 2 aliphatic heterocycles. The van der Waals surface area contributed by atoms with Crippen molar-refractivity contribution in [3.05, 3.63) is 24.3 Å². The lowest BCUT2D eigenvalue weighted by Gasteiger charge is -2.43. The first-order valence-electron chi connectivity index (χ1n) is 10.9. The fourth-order valence-electron chi connectivity index (χ4n) is 4.55. The van der Waals surface area contributed by atoms with Gasteiger partial charge in [-0.15, -0.1) is 0 Å². The van der Waals surface area contributed by atoms with Gasteiger partial charge in [0.15, 0.2) is 0 Å². The molecule has 0 spiro atoms. The molecule has 0 radical (unpaired) electrons. The first-order chi connectivity index (χ1) is 14.6. The Balaban J connectivity index is 1.18. The lowest BCUT2D eigenvalue weighted by molar-refractivity contribution is 0.0656. The number of amides is 1. The van der Waals surface area contributed by atoms with Crippen molar-refractivity contribution in [3.8, 4) is 5.75 Å². The van der Waals surface area contributed by atoms with Crippen LogP contribution in [0.15, 0.2) is 29.2 Å². The summed E-state index contributed by atoms with van der Waals surface area (Å²) in [5.41, 5.74) is 0. The van der Waals surface area contributed by atoms with Gasteiger partial charge in [0.25, 0.3) is 0 Å². The van der Waals surface area contributed by atoms with E-state index >= 15 is 0 Å². The molecule has 4 rings (SSSR count). The third-order valence-corrected chi connectivity index (χ3v) is 7.44. The Bertz CT molecular complexity index is 686. The van der Waals surface area contributed by atoms with Gasteiger partial charge in [-0.2, -0.15) is 0 Å². The molecule has 8 heteroatoms. The maximum absolute atomic E-state index is 12.1. The fraction of sp³-hybridized carbons (Fsp3) is 0.682. The van der Waals surface area contributed by atoms with E-state index in [1.54, 1.807) is 19.1 Å². The van der Waals surface area contributed by atoms with Crippen LogP contribution in [0, 0.1) is 5.92 Å². The molecule has 1 saturated carbocycles. The molecule has 0 bridgehead atoms. The van der Waals surface area contributed by atoms with Gasteiger partial charge in [0, 0.05) is 50.1 Å². The minimum Gasteiger partial charge on any atom is -0.497 e. The van der Waals surface area contributed by atoms with Gasteiger partial charge in [-0.25, -0.2) is 9.10 Å². The smallest absolute Gasteiger partial charge is 0.407 e. The number of rotatable bonds is 9. The van der Waals surface area contributed by atoms with E-state index < -0.39 is 0 Å². The van der Waals surface area contributed by atoms with Gasteiger partial charge in [-0.3, -0.25) is 0 Å². The highest BCUT2D eigenvalue weighted by atomic mass is 32.2. The molecule has 0 aromatic heterocycles. The Hall–Kier alpha value is -1.48. The van der Waals surface area contributed by atoms with E-state index in [1.807, 2.05) is 12.1 Å². The van der Waals surface area contributed by atoms with E-state index in [0.29, 0.717) is 24.6 Å². The van der Waals surface area contributed by atoms with E-state index in [1.165, 1.54) is 4.90 Å². The van der Waals surface area contributed by atoms with Crippen molar-refractivity contribution < 1.29 is 19.0 Å². The molecular formula is C22H33N3O4S. The first kappa shape index (κ1) is 21.7. The minimum absolute atomic E-state index is 0.00735. The molecule has 7 nitrogen and oxygen atoms in total. The summed E-state index contributed by atoms with van der Waals surface area (Å²) in [4.78, 5) is 15.7. The van der Waals surface area contributed by atoms with Crippen LogP contribution >= 0.6 is 11.9 Å². The number of methoxy groups -OCH3 is 1. The predicted octanol–water partition coefficient (Wildman–Crippen LogP) is 3.00. The zero-order chi connectivity index (χ0) is 20.9. The number of likely N-dealkylation sites (N-methyl/N-ethyl adjacent to an activating group) is 1. The van der Waals surface area contributed by atoms with Gasteiger partial charge in [-0.05, 0) is 68.4 Å². The highest BCUT2D eigenvalue weighted by molar-refractivity contribution is 7.97. The molecule has 166 valence electrons. The summed E-state index contributed by atoms with van der Waals surface area (Å²) in [6.07, 6.45) is 3.79. The number of carbonyl (C=O) groups is 1. The van der Waals surface area contributed by atoms with E-state index in [-0.39, 0.29) is 12.2 Å². The quantitative estimate of drug-likeness (QED) is 0.473. The number of alkyl carbamates (subject to hydrolysis) is 1. The largest absolute Gasteiger partial charge is 0.497 e. The number of hydrogen-bond acceptors (Lipinski definition) is 7. The van der Waals surface area contributed by atoms with Gasteiger partial charge < -0.3 is 24.4 Å². The number of likely N-dealkylation sites (tertiary alicyclic amines) is 1. The Labute approximate surface area is 183 Å². The summed E-state index contributed by atoms with van der Waals surface area (Å²) in [5.74, 6) is 1.45. The molecule has 3 fully saturated rings. The van der Waals surface area contributed by atoms with Crippen molar-refractivity contribution in [2.45, 2.75) is 48.8 Å². The van der Waals surface area contributed by atoms with Crippen LogP contribution in [0.1, 0.15) is 25.7 Å². The third kappa shape index (κ3) is 5.60. The van der Waals surface area contributed by atoms with Crippen LogP contribution in [-0.2, 0) is 9.47 Å². The lowest BCUT2D eigenvalue weighted by Crippen LogP contribution is -2.55. The molecule has 2 saturated heterocycles. The maximum Gasteiger partial charge on any atom is 0.407 e. The summed E-state index contributed by atoms with van der Waals surface area (Å²) >= 11 is 1.78. The Morgan fingerprint density at radius 1 is 1.30 bits per heavy atom. The Morgan fingerprint density at radius 2 is 2.10 bits per heavy atom. The number of benzene rings is 1. The molecule has 3 atom stereocenters. The van der Waals surface area contributed by atoms with Crippen molar-refractivity contribution in [1.82, 2.24) is 14.5 Å². The lowest BCUT2D eigenvalue weighted by atomic mass is 10.1. The van der Waals surface area contributed by atoms with Crippen LogP contribution in [-0.4, -0.2) is 80.5 Å². The summed E-state index contributed by atoms with van der Waals surface area (Å²) < 4.78 is 19.0. The number of nitrogens with one attached hydrogen (secondary N) is 1. The van der Waals surface area contributed by atoms with Crippen LogP contribution in [0.2, 0.25) is 0 Å².